The van der Waals surface area contributed by atoms with Gasteiger partial charge < -0.3 is 5.73 Å². The maximum atomic E-state index is 12.0. The Hall–Kier alpha value is -0.920. The Morgan fingerprint density at radius 3 is 2.67 bits per heavy atom. The normalized spacial score (nSPS) is 19.8. The molecule has 0 aromatic carbocycles. The molecule has 0 radical (unpaired) electrons. The highest BCUT2D eigenvalue weighted by Crippen LogP contribution is 2.34. The van der Waals surface area contributed by atoms with Gasteiger partial charge in [0.25, 0.3) is 10.0 Å². The van der Waals surface area contributed by atoms with Crippen LogP contribution < -0.4 is 10.5 Å². The molecule has 1 heterocycles. The van der Waals surface area contributed by atoms with E-state index < -0.39 is 10.0 Å². The van der Waals surface area contributed by atoms with Crippen molar-refractivity contribution in [3.8, 4) is 0 Å². The summed E-state index contributed by atoms with van der Waals surface area (Å²) in [6, 6.07) is 1.44. The Labute approximate surface area is 107 Å². The zero-order valence-electron chi connectivity index (χ0n) is 10.4. The van der Waals surface area contributed by atoms with Crippen LogP contribution in [0.4, 0.5) is 0 Å². The lowest BCUT2D eigenvalue weighted by Gasteiger charge is -2.36. The van der Waals surface area contributed by atoms with Gasteiger partial charge in [-0.2, -0.15) is 5.10 Å². The molecule has 6 nitrogen and oxygen atoms in total. The molecule has 2 rings (SSSR count). The van der Waals surface area contributed by atoms with Gasteiger partial charge in [0.2, 0.25) is 0 Å². The molecule has 1 aliphatic rings. The minimum atomic E-state index is -3.49. The molecule has 102 valence electrons. The van der Waals surface area contributed by atoms with Gasteiger partial charge >= 0.3 is 0 Å². The van der Waals surface area contributed by atoms with E-state index in [1.54, 1.807) is 0 Å². The first kappa shape index (κ1) is 13.5. The van der Waals surface area contributed by atoms with Crippen LogP contribution in [0.25, 0.3) is 0 Å². The number of aromatic amines is 1. The van der Waals surface area contributed by atoms with E-state index in [0.29, 0.717) is 13.1 Å². The number of hydrogen-bond acceptors (Lipinski definition) is 4. The summed E-state index contributed by atoms with van der Waals surface area (Å²) < 4.78 is 26.6. The second kappa shape index (κ2) is 5.38. The molecule has 7 heteroatoms. The lowest BCUT2D eigenvalue weighted by atomic mass is 9.74. The number of sulfonamides is 1. The Morgan fingerprint density at radius 1 is 1.39 bits per heavy atom. The van der Waals surface area contributed by atoms with Crippen molar-refractivity contribution in [2.75, 3.05) is 13.1 Å². The predicted molar refractivity (Wildman–Crippen MR) is 68.3 cm³/mol. The molecule has 1 saturated carbocycles. The van der Waals surface area contributed by atoms with Crippen LogP contribution in [0.2, 0.25) is 0 Å². The molecule has 1 fully saturated rings. The maximum absolute atomic E-state index is 12.0. The number of nitrogens with two attached hydrogens (primary N) is 1. The van der Waals surface area contributed by atoms with Gasteiger partial charge in [-0.3, -0.25) is 5.10 Å². The highest BCUT2D eigenvalue weighted by molar-refractivity contribution is 7.89. The van der Waals surface area contributed by atoms with E-state index in [9.17, 15) is 8.42 Å². The molecule has 0 saturated heterocycles. The summed E-state index contributed by atoms with van der Waals surface area (Å²) in [5.41, 5.74) is 5.75. The molecule has 0 amide bonds. The molecule has 1 aliphatic carbocycles. The molecule has 0 unspecified atom stereocenters. The van der Waals surface area contributed by atoms with Crippen LogP contribution in [0.1, 0.15) is 32.1 Å². The van der Waals surface area contributed by atoms with E-state index in [-0.39, 0.29) is 10.4 Å². The summed E-state index contributed by atoms with van der Waals surface area (Å²) in [4.78, 5) is 0. The molecular formula is C11H20N4O2S. The van der Waals surface area contributed by atoms with Gasteiger partial charge in [-0.25, -0.2) is 13.1 Å². The molecular weight excluding hydrogens is 252 g/mol. The summed E-state index contributed by atoms with van der Waals surface area (Å²) in [5, 5.41) is 6.22. The summed E-state index contributed by atoms with van der Waals surface area (Å²) in [6.45, 7) is 0.934. The van der Waals surface area contributed by atoms with Gasteiger partial charge in [-0.15, -0.1) is 0 Å². The van der Waals surface area contributed by atoms with Gasteiger partial charge in [0.05, 0.1) is 6.20 Å². The van der Waals surface area contributed by atoms with Crippen LogP contribution in [0.15, 0.2) is 17.3 Å². The fourth-order valence-corrected chi connectivity index (χ4v) is 3.54. The average Bonchev–Trinajstić information content (AvgIpc) is 2.92. The second-order valence-corrected chi connectivity index (χ2v) is 6.75. The summed E-state index contributed by atoms with van der Waals surface area (Å²) in [7, 11) is -3.49. The Balaban J connectivity index is 2.02. The van der Waals surface area contributed by atoms with Crippen LogP contribution in [-0.4, -0.2) is 31.7 Å². The van der Waals surface area contributed by atoms with Gasteiger partial charge in [-0.05, 0) is 30.9 Å². The highest BCUT2D eigenvalue weighted by Gasteiger charge is 2.32. The van der Waals surface area contributed by atoms with Crippen LogP contribution in [0.5, 0.6) is 0 Å². The van der Waals surface area contributed by atoms with Crippen LogP contribution in [-0.2, 0) is 10.0 Å². The Morgan fingerprint density at radius 2 is 2.11 bits per heavy atom. The lowest BCUT2D eigenvalue weighted by molar-refractivity contribution is 0.202. The largest absolute Gasteiger partial charge is 0.330 e. The zero-order valence-corrected chi connectivity index (χ0v) is 11.2. The minimum absolute atomic E-state index is 0.0780. The molecule has 0 aliphatic heterocycles. The monoisotopic (exact) mass is 272 g/mol. The number of rotatable bonds is 5. The van der Waals surface area contributed by atoms with Crippen molar-refractivity contribution in [3.63, 3.8) is 0 Å². The van der Waals surface area contributed by atoms with E-state index in [2.05, 4.69) is 14.9 Å². The number of nitrogens with one attached hydrogen (secondary N) is 2. The van der Waals surface area contributed by atoms with Gasteiger partial charge in [0, 0.05) is 6.54 Å². The number of nitrogens with zero attached hydrogens (tertiary/aromatic N) is 1. The zero-order chi connectivity index (χ0) is 13.1. The van der Waals surface area contributed by atoms with Crippen molar-refractivity contribution < 1.29 is 8.42 Å². The fraction of sp³-hybridized carbons (Fsp3) is 0.727. The smallest absolute Gasteiger partial charge is 0.257 e. The van der Waals surface area contributed by atoms with Crippen LogP contribution >= 0.6 is 0 Å². The fourth-order valence-electron chi connectivity index (χ4n) is 2.47. The third kappa shape index (κ3) is 2.90. The Kier molecular flexibility index (Phi) is 4.04. The van der Waals surface area contributed by atoms with Crippen LogP contribution in [0, 0.1) is 5.41 Å². The molecule has 1 aromatic rings. The van der Waals surface area contributed by atoms with Crippen molar-refractivity contribution in [2.45, 2.75) is 37.1 Å². The van der Waals surface area contributed by atoms with E-state index in [1.165, 1.54) is 18.7 Å². The molecule has 18 heavy (non-hydrogen) atoms. The lowest BCUT2D eigenvalue weighted by Crippen LogP contribution is -2.43. The van der Waals surface area contributed by atoms with Crippen LogP contribution in [0.3, 0.4) is 0 Å². The number of H-pyrrole nitrogens is 1. The second-order valence-electron chi connectivity index (χ2n) is 5.01. The summed E-state index contributed by atoms with van der Waals surface area (Å²) in [5.74, 6) is 0. The Bertz CT molecular complexity index is 463. The quantitative estimate of drug-likeness (QED) is 0.730. The van der Waals surface area contributed by atoms with Gasteiger partial charge in [-0.1, -0.05) is 19.3 Å². The molecule has 0 atom stereocenters. The van der Waals surface area contributed by atoms with Crippen molar-refractivity contribution in [1.29, 1.82) is 0 Å². The molecule has 0 spiro atoms. The highest BCUT2D eigenvalue weighted by atomic mass is 32.2. The van der Waals surface area contributed by atoms with E-state index in [4.69, 9.17) is 5.73 Å². The third-order valence-electron chi connectivity index (χ3n) is 3.75. The molecule has 1 aromatic heterocycles. The summed E-state index contributed by atoms with van der Waals surface area (Å²) in [6.07, 6.45) is 6.89. The third-order valence-corrected chi connectivity index (χ3v) is 5.08. The molecule has 0 bridgehead atoms. The van der Waals surface area contributed by atoms with Crippen molar-refractivity contribution in [1.82, 2.24) is 14.9 Å². The summed E-state index contributed by atoms with van der Waals surface area (Å²) >= 11 is 0. The van der Waals surface area contributed by atoms with Gasteiger partial charge in [0.15, 0.2) is 5.03 Å². The van der Waals surface area contributed by atoms with E-state index in [0.717, 1.165) is 25.7 Å². The average molecular weight is 272 g/mol. The van der Waals surface area contributed by atoms with E-state index >= 15 is 0 Å². The maximum Gasteiger partial charge on any atom is 0.257 e. The first-order chi connectivity index (χ1) is 8.58. The standard InChI is InChI=1S/C11H20N4O2S/c12-8-11(5-2-1-3-6-11)9-14-18(16,17)10-4-7-13-15-10/h4,7,14H,1-3,5-6,8-9,12H2,(H,13,15). The first-order valence-electron chi connectivity index (χ1n) is 6.27. The van der Waals surface area contributed by atoms with E-state index in [1.807, 2.05) is 0 Å². The van der Waals surface area contributed by atoms with Crippen molar-refractivity contribution >= 4 is 10.0 Å². The van der Waals surface area contributed by atoms with Crippen molar-refractivity contribution in [2.24, 2.45) is 11.1 Å². The topological polar surface area (TPSA) is 101 Å². The predicted octanol–water partition coefficient (Wildman–Crippen LogP) is 0.597. The van der Waals surface area contributed by atoms with Gasteiger partial charge in [0.1, 0.15) is 0 Å². The van der Waals surface area contributed by atoms with Crippen molar-refractivity contribution in [3.05, 3.63) is 12.3 Å². The SMILES string of the molecule is NCC1(CNS(=O)(=O)c2ccn[nH]2)CCCCC1. The first-order valence-corrected chi connectivity index (χ1v) is 7.75. The molecule has 4 N–H and O–H groups in total. The number of aromatic nitrogens is 2. The minimum Gasteiger partial charge on any atom is -0.330 e. The number of hydrogen-bond donors (Lipinski definition) is 3.